The van der Waals surface area contributed by atoms with Crippen LogP contribution < -0.4 is 20.7 Å². The van der Waals surface area contributed by atoms with Crippen LogP contribution >= 0.6 is 0 Å². The van der Waals surface area contributed by atoms with E-state index < -0.39 is 5.54 Å². The number of rotatable bonds is 9. The Morgan fingerprint density at radius 3 is 2.50 bits per heavy atom. The molecule has 9 nitrogen and oxygen atoms in total. The van der Waals surface area contributed by atoms with Crippen LogP contribution in [0.2, 0.25) is 0 Å². The Morgan fingerprint density at radius 2 is 1.85 bits per heavy atom. The number of allylic oxidation sites excluding steroid dienone is 1. The molecule has 0 unspecified atom stereocenters. The summed E-state index contributed by atoms with van der Waals surface area (Å²) < 4.78 is 5.08. The van der Waals surface area contributed by atoms with Crippen molar-refractivity contribution in [3.05, 3.63) is 72.6 Å². The highest BCUT2D eigenvalue weighted by Crippen LogP contribution is 2.23. The maximum Gasteiger partial charge on any atom is 0.257 e. The highest BCUT2D eigenvalue weighted by atomic mass is 16.5. The number of nitrogens with one attached hydrogen (secondary N) is 3. The van der Waals surface area contributed by atoms with E-state index >= 15 is 0 Å². The quantitative estimate of drug-likeness (QED) is 0.407. The van der Waals surface area contributed by atoms with Crippen molar-refractivity contribution in [1.82, 2.24) is 20.3 Å². The van der Waals surface area contributed by atoms with Crippen LogP contribution in [-0.4, -0.2) is 39.3 Å². The second-order valence-electron chi connectivity index (χ2n) is 8.55. The standard InChI is InChI=1S/C25H28N6O3/c1-6-19(32)13-16-8-7-9-17(12-16)28-22-20(23(33)31-25(2,3)4)15-27-24(30-22)29-18-10-11-21(34-5)26-14-18/h6-12,14-15H,1,13H2,2-5H3,(H,31,33)(H2,27,28,29,30). The van der Waals surface area contributed by atoms with Crippen molar-refractivity contribution in [2.24, 2.45) is 0 Å². The molecule has 0 spiro atoms. The fourth-order valence-corrected chi connectivity index (χ4v) is 2.98. The topological polar surface area (TPSA) is 118 Å². The molecule has 9 heteroatoms. The zero-order valence-electron chi connectivity index (χ0n) is 19.7. The van der Waals surface area contributed by atoms with Crippen LogP contribution in [0.3, 0.4) is 0 Å². The minimum absolute atomic E-state index is 0.0796. The summed E-state index contributed by atoms with van der Waals surface area (Å²) in [5.74, 6) is 0.681. The molecule has 34 heavy (non-hydrogen) atoms. The van der Waals surface area contributed by atoms with Gasteiger partial charge in [-0.05, 0) is 50.6 Å². The first-order chi connectivity index (χ1) is 16.2. The summed E-state index contributed by atoms with van der Waals surface area (Å²) in [6.07, 6.45) is 4.58. The monoisotopic (exact) mass is 460 g/mol. The van der Waals surface area contributed by atoms with Gasteiger partial charge in [-0.1, -0.05) is 18.7 Å². The number of anilines is 4. The van der Waals surface area contributed by atoms with E-state index in [-0.39, 0.29) is 29.6 Å². The van der Waals surface area contributed by atoms with Crippen molar-refractivity contribution in [3.63, 3.8) is 0 Å². The number of hydrogen-bond donors (Lipinski definition) is 3. The number of carbonyl (C=O) groups is 2. The lowest BCUT2D eigenvalue weighted by Gasteiger charge is -2.21. The van der Waals surface area contributed by atoms with E-state index in [2.05, 4.69) is 37.5 Å². The average Bonchev–Trinajstić information content (AvgIpc) is 2.78. The fourth-order valence-electron chi connectivity index (χ4n) is 2.98. The summed E-state index contributed by atoms with van der Waals surface area (Å²) in [5, 5.41) is 9.19. The molecular formula is C25H28N6O3. The Kier molecular flexibility index (Phi) is 7.57. The van der Waals surface area contributed by atoms with Gasteiger partial charge in [0.2, 0.25) is 11.8 Å². The second-order valence-corrected chi connectivity index (χ2v) is 8.55. The van der Waals surface area contributed by atoms with Crippen molar-refractivity contribution < 1.29 is 14.3 Å². The predicted molar refractivity (Wildman–Crippen MR) is 132 cm³/mol. The molecule has 0 saturated heterocycles. The number of ketones is 1. The predicted octanol–water partition coefficient (Wildman–Crippen LogP) is 4.19. The largest absolute Gasteiger partial charge is 0.481 e. The number of hydrogen-bond acceptors (Lipinski definition) is 8. The van der Waals surface area contributed by atoms with Gasteiger partial charge >= 0.3 is 0 Å². The molecule has 0 aliphatic heterocycles. The summed E-state index contributed by atoms with van der Waals surface area (Å²) in [5.41, 5.74) is 1.98. The minimum Gasteiger partial charge on any atom is -0.481 e. The number of methoxy groups -OCH3 is 1. The number of aromatic nitrogens is 3. The van der Waals surface area contributed by atoms with Gasteiger partial charge in [0, 0.05) is 29.9 Å². The molecule has 3 rings (SSSR count). The van der Waals surface area contributed by atoms with Crippen LogP contribution in [0.5, 0.6) is 5.88 Å². The van der Waals surface area contributed by atoms with Crippen molar-refractivity contribution >= 4 is 34.8 Å². The maximum atomic E-state index is 12.9. The molecule has 176 valence electrons. The number of ether oxygens (including phenoxy) is 1. The molecule has 0 atom stereocenters. The van der Waals surface area contributed by atoms with Gasteiger partial charge < -0.3 is 20.7 Å². The molecule has 0 saturated carbocycles. The molecule has 0 bridgehead atoms. The number of pyridine rings is 1. The second kappa shape index (κ2) is 10.6. The van der Waals surface area contributed by atoms with E-state index in [4.69, 9.17) is 4.74 Å². The third-order valence-electron chi connectivity index (χ3n) is 4.52. The van der Waals surface area contributed by atoms with Crippen molar-refractivity contribution in [2.75, 3.05) is 17.7 Å². The van der Waals surface area contributed by atoms with Crippen molar-refractivity contribution in [1.29, 1.82) is 0 Å². The first-order valence-electron chi connectivity index (χ1n) is 10.6. The SMILES string of the molecule is C=CC(=O)Cc1cccc(Nc2nc(Nc3ccc(OC)nc3)ncc2C(=O)NC(C)(C)C)c1. The zero-order valence-corrected chi connectivity index (χ0v) is 19.7. The summed E-state index contributed by atoms with van der Waals surface area (Å²) in [7, 11) is 1.54. The molecular weight excluding hydrogens is 432 g/mol. The van der Waals surface area contributed by atoms with Gasteiger partial charge in [-0.25, -0.2) is 9.97 Å². The van der Waals surface area contributed by atoms with Gasteiger partial charge in [-0.3, -0.25) is 9.59 Å². The number of amides is 1. The smallest absolute Gasteiger partial charge is 0.257 e. The lowest BCUT2D eigenvalue weighted by molar-refractivity contribution is -0.114. The molecule has 2 heterocycles. The van der Waals surface area contributed by atoms with Crippen LogP contribution in [0.1, 0.15) is 36.7 Å². The van der Waals surface area contributed by atoms with E-state index in [1.807, 2.05) is 45.0 Å². The number of nitrogens with zero attached hydrogens (tertiary/aromatic N) is 3. The molecule has 1 amide bonds. The Labute approximate surface area is 198 Å². The first-order valence-corrected chi connectivity index (χ1v) is 10.6. The molecule has 3 N–H and O–H groups in total. The maximum absolute atomic E-state index is 12.9. The molecule has 1 aromatic carbocycles. The van der Waals surface area contributed by atoms with Crippen LogP contribution in [-0.2, 0) is 11.2 Å². The van der Waals surface area contributed by atoms with Gasteiger partial charge in [-0.15, -0.1) is 0 Å². The van der Waals surface area contributed by atoms with Gasteiger partial charge in [0.05, 0.1) is 19.0 Å². The van der Waals surface area contributed by atoms with E-state index in [0.717, 1.165) is 5.56 Å². The van der Waals surface area contributed by atoms with Gasteiger partial charge in [-0.2, -0.15) is 4.98 Å². The number of benzene rings is 1. The average molecular weight is 461 g/mol. The Balaban J connectivity index is 1.93. The van der Waals surface area contributed by atoms with Crippen LogP contribution in [0.25, 0.3) is 0 Å². The van der Waals surface area contributed by atoms with Crippen LogP contribution in [0.15, 0.2) is 61.4 Å². The molecule has 0 radical (unpaired) electrons. The molecule has 0 aliphatic rings. The fraction of sp³-hybridized carbons (Fsp3) is 0.240. The Hall–Kier alpha value is -4.27. The normalized spacial score (nSPS) is 10.8. The third kappa shape index (κ3) is 6.86. The van der Waals surface area contributed by atoms with E-state index in [1.54, 1.807) is 25.4 Å². The van der Waals surface area contributed by atoms with E-state index in [1.165, 1.54) is 12.3 Å². The zero-order chi connectivity index (χ0) is 24.7. The van der Waals surface area contributed by atoms with Gasteiger partial charge in [0.1, 0.15) is 11.4 Å². The highest BCUT2D eigenvalue weighted by molar-refractivity contribution is 5.99. The molecule has 3 aromatic rings. The first kappa shape index (κ1) is 24.4. The van der Waals surface area contributed by atoms with Crippen molar-refractivity contribution in [3.8, 4) is 5.88 Å². The van der Waals surface area contributed by atoms with E-state index in [0.29, 0.717) is 23.1 Å². The molecule has 0 aliphatic carbocycles. The minimum atomic E-state index is -0.439. The molecule has 0 fully saturated rings. The van der Waals surface area contributed by atoms with Crippen LogP contribution in [0.4, 0.5) is 23.1 Å². The van der Waals surface area contributed by atoms with Gasteiger partial charge in [0.25, 0.3) is 5.91 Å². The molecule has 2 aromatic heterocycles. The summed E-state index contributed by atoms with van der Waals surface area (Å²) >= 11 is 0. The lowest BCUT2D eigenvalue weighted by Crippen LogP contribution is -2.41. The van der Waals surface area contributed by atoms with Crippen LogP contribution in [0, 0.1) is 0 Å². The van der Waals surface area contributed by atoms with E-state index in [9.17, 15) is 9.59 Å². The van der Waals surface area contributed by atoms with Gasteiger partial charge in [0.15, 0.2) is 5.78 Å². The summed E-state index contributed by atoms with van der Waals surface area (Å²) in [4.78, 5) is 37.7. The highest BCUT2D eigenvalue weighted by Gasteiger charge is 2.20. The lowest BCUT2D eigenvalue weighted by atomic mass is 10.1. The third-order valence-corrected chi connectivity index (χ3v) is 4.52. The summed E-state index contributed by atoms with van der Waals surface area (Å²) in [6, 6.07) is 10.8. The Bertz CT molecular complexity index is 1190. The Morgan fingerprint density at radius 1 is 1.06 bits per heavy atom. The van der Waals surface area contributed by atoms with Crippen molar-refractivity contribution in [2.45, 2.75) is 32.7 Å². The summed E-state index contributed by atoms with van der Waals surface area (Å²) in [6.45, 7) is 9.20. The number of carbonyl (C=O) groups excluding carboxylic acids is 2.